The third kappa shape index (κ3) is 6.36. The van der Waals surface area contributed by atoms with E-state index in [-0.39, 0.29) is 5.97 Å². The Labute approximate surface area is 112 Å². The first-order valence-corrected chi connectivity index (χ1v) is 7.11. The van der Waals surface area contributed by atoms with Crippen molar-refractivity contribution in [1.29, 1.82) is 0 Å². The van der Waals surface area contributed by atoms with Crippen LogP contribution in [0.3, 0.4) is 0 Å². The number of rotatable bonds is 10. The molecule has 0 fully saturated rings. The monoisotopic (exact) mass is 258 g/mol. The number of nitrogens with zero attached hydrogens (tertiary/aromatic N) is 1. The number of nitrogens with one attached hydrogen (secondary N) is 1. The molecule has 0 aliphatic carbocycles. The first-order chi connectivity index (χ1) is 8.50. The van der Waals surface area contributed by atoms with Gasteiger partial charge in [-0.25, -0.2) is 0 Å². The minimum Gasteiger partial charge on any atom is -0.465 e. The minimum absolute atomic E-state index is 0.127. The van der Waals surface area contributed by atoms with Gasteiger partial charge in [-0.15, -0.1) is 0 Å². The van der Waals surface area contributed by atoms with Crippen LogP contribution >= 0.6 is 0 Å². The van der Waals surface area contributed by atoms with Crippen LogP contribution in [0.15, 0.2) is 0 Å². The van der Waals surface area contributed by atoms with Crippen LogP contribution in [0.25, 0.3) is 0 Å². The van der Waals surface area contributed by atoms with Gasteiger partial charge < -0.3 is 15.0 Å². The van der Waals surface area contributed by atoms with E-state index in [2.05, 4.69) is 31.1 Å². The summed E-state index contributed by atoms with van der Waals surface area (Å²) < 4.78 is 5.17. The second-order valence-corrected chi connectivity index (χ2v) is 4.98. The highest BCUT2D eigenvalue weighted by Crippen LogP contribution is 2.15. The van der Waals surface area contributed by atoms with Crippen molar-refractivity contribution in [2.75, 3.05) is 33.3 Å². The van der Waals surface area contributed by atoms with Crippen molar-refractivity contribution in [3.8, 4) is 0 Å². The smallest absolute Gasteiger partial charge is 0.326 e. The Kier molecular flexibility index (Phi) is 9.02. The normalized spacial score (nSPS) is 14.6. The van der Waals surface area contributed by atoms with E-state index in [0.717, 1.165) is 38.9 Å². The molecule has 18 heavy (non-hydrogen) atoms. The van der Waals surface area contributed by atoms with Gasteiger partial charge in [-0.3, -0.25) is 4.79 Å². The largest absolute Gasteiger partial charge is 0.465 e. The predicted octanol–water partition coefficient (Wildman–Crippen LogP) is 2.04. The van der Waals surface area contributed by atoms with Crippen LogP contribution in [0.2, 0.25) is 0 Å². The third-order valence-corrected chi connectivity index (χ3v) is 3.25. The summed E-state index contributed by atoms with van der Waals surface area (Å²) in [5, 5.41) is 3.33. The molecule has 0 spiro atoms. The molecule has 4 nitrogen and oxygen atoms in total. The van der Waals surface area contributed by atoms with E-state index in [0.29, 0.717) is 6.61 Å². The first-order valence-electron chi connectivity index (χ1n) is 7.11. The van der Waals surface area contributed by atoms with Crippen molar-refractivity contribution < 1.29 is 9.53 Å². The van der Waals surface area contributed by atoms with Crippen molar-refractivity contribution in [2.24, 2.45) is 0 Å². The molecule has 0 aromatic rings. The summed E-state index contributed by atoms with van der Waals surface area (Å²) in [6, 6.07) is 0. The number of carbonyl (C=O) groups excluding carboxylic acids is 1. The Hall–Kier alpha value is -0.610. The lowest BCUT2D eigenvalue weighted by molar-refractivity contribution is -0.150. The predicted molar refractivity (Wildman–Crippen MR) is 75.7 cm³/mol. The van der Waals surface area contributed by atoms with E-state index in [1.807, 2.05) is 13.8 Å². The number of hydrogen-bond donors (Lipinski definition) is 1. The van der Waals surface area contributed by atoms with Gasteiger partial charge in [0.05, 0.1) is 6.61 Å². The van der Waals surface area contributed by atoms with Crippen LogP contribution in [0, 0.1) is 0 Å². The zero-order valence-corrected chi connectivity index (χ0v) is 12.7. The quantitative estimate of drug-likeness (QED) is 0.609. The van der Waals surface area contributed by atoms with E-state index >= 15 is 0 Å². The van der Waals surface area contributed by atoms with Gasteiger partial charge in [0.25, 0.3) is 0 Å². The fraction of sp³-hybridized carbons (Fsp3) is 0.929. The second-order valence-electron chi connectivity index (χ2n) is 4.98. The van der Waals surface area contributed by atoms with E-state index in [4.69, 9.17) is 4.74 Å². The van der Waals surface area contributed by atoms with E-state index in [1.54, 1.807) is 0 Å². The summed E-state index contributed by atoms with van der Waals surface area (Å²) in [4.78, 5) is 14.3. The molecule has 1 unspecified atom stereocenters. The fourth-order valence-corrected chi connectivity index (χ4v) is 1.81. The molecule has 1 N–H and O–H groups in total. The third-order valence-electron chi connectivity index (χ3n) is 3.25. The van der Waals surface area contributed by atoms with Crippen LogP contribution < -0.4 is 5.32 Å². The molecule has 0 aromatic carbocycles. The van der Waals surface area contributed by atoms with Gasteiger partial charge in [-0.2, -0.15) is 0 Å². The topological polar surface area (TPSA) is 41.6 Å². The maximum Gasteiger partial charge on any atom is 0.326 e. The molecule has 0 saturated heterocycles. The van der Waals surface area contributed by atoms with Crippen molar-refractivity contribution in [2.45, 2.75) is 52.5 Å². The molecule has 0 radical (unpaired) electrons. The van der Waals surface area contributed by atoms with Crippen LogP contribution in [0.4, 0.5) is 0 Å². The van der Waals surface area contributed by atoms with Gasteiger partial charge in [0.2, 0.25) is 0 Å². The molecule has 108 valence electrons. The van der Waals surface area contributed by atoms with E-state index in [9.17, 15) is 4.79 Å². The van der Waals surface area contributed by atoms with Gasteiger partial charge >= 0.3 is 5.97 Å². The zero-order chi connectivity index (χ0) is 14.0. The Morgan fingerprint density at radius 2 is 2.00 bits per heavy atom. The van der Waals surface area contributed by atoms with Crippen LogP contribution in [0.5, 0.6) is 0 Å². The first kappa shape index (κ1) is 17.4. The summed E-state index contributed by atoms with van der Waals surface area (Å²) in [5.41, 5.74) is -0.541. The number of carbonyl (C=O) groups is 1. The SMILES string of the molecule is CCCNC(C)(CCCN(C)CC)C(=O)OCC. The van der Waals surface area contributed by atoms with Crippen molar-refractivity contribution in [3.05, 3.63) is 0 Å². The summed E-state index contributed by atoms with van der Waals surface area (Å²) in [6.07, 6.45) is 2.83. The number of esters is 1. The second kappa shape index (κ2) is 9.34. The lowest BCUT2D eigenvalue weighted by Gasteiger charge is -2.29. The number of ether oxygens (including phenoxy) is 1. The Bertz CT molecular complexity index is 234. The standard InChI is InChI=1S/C14H30N2O2/c1-6-11-15-14(4,13(17)18-8-3)10-9-12-16(5)7-2/h15H,6-12H2,1-5H3. The lowest BCUT2D eigenvalue weighted by Crippen LogP contribution is -2.51. The van der Waals surface area contributed by atoms with Crippen molar-refractivity contribution in [3.63, 3.8) is 0 Å². The maximum atomic E-state index is 12.0. The highest BCUT2D eigenvalue weighted by atomic mass is 16.5. The molecule has 0 aliphatic heterocycles. The molecule has 0 rings (SSSR count). The van der Waals surface area contributed by atoms with Crippen LogP contribution in [-0.2, 0) is 9.53 Å². The Morgan fingerprint density at radius 1 is 1.33 bits per heavy atom. The summed E-state index contributed by atoms with van der Waals surface area (Å²) in [6.45, 7) is 11.4. The summed E-state index contributed by atoms with van der Waals surface area (Å²) in [7, 11) is 2.10. The molecule has 0 bridgehead atoms. The zero-order valence-electron chi connectivity index (χ0n) is 12.7. The molecule has 0 aliphatic rings. The molecule has 4 heteroatoms. The molecule has 1 atom stereocenters. The highest BCUT2D eigenvalue weighted by molar-refractivity contribution is 5.80. The molecule has 0 heterocycles. The summed E-state index contributed by atoms with van der Waals surface area (Å²) >= 11 is 0. The lowest BCUT2D eigenvalue weighted by atomic mass is 9.95. The molecular weight excluding hydrogens is 228 g/mol. The van der Waals surface area contributed by atoms with Gasteiger partial charge in [-0.05, 0) is 59.8 Å². The van der Waals surface area contributed by atoms with E-state index < -0.39 is 5.54 Å². The van der Waals surface area contributed by atoms with E-state index in [1.165, 1.54) is 0 Å². The minimum atomic E-state index is -0.541. The molecular formula is C14H30N2O2. The van der Waals surface area contributed by atoms with Crippen LogP contribution in [-0.4, -0.2) is 49.7 Å². The average molecular weight is 258 g/mol. The van der Waals surface area contributed by atoms with Crippen molar-refractivity contribution in [1.82, 2.24) is 10.2 Å². The van der Waals surface area contributed by atoms with Gasteiger partial charge in [0.1, 0.15) is 5.54 Å². The molecule has 0 saturated carbocycles. The average Bonchev–Trinajstić information content (AvgIpc) is 2.36. The van der Waals surface area contributed by atoms with Gasteiger partial charge in [-0.1, -0.05) is 13.8 Å². The molecule has 0 amide bonds. The maximum absolute atomic E-state index is 12.0. The fourth-order valence-electron chi connectivity index (χ4n) is 1.81. The molecule has 0 aromatic heterocycles. The number of hydrogen-bond acceptors (Lipinski definition) is 4. The van der Waals surface area contributed by atoms with Crippen LogP contribution in [0.1, 0.15) is 47.0 Å². The summed E-state index contributed by atoms with van der Waals surface area (Å²) in [5.74, 6) is -0.127. The van der Waals surface area contributed by atoms with Crippen molar-refractivity contribution >= 4 is 5.97 Å². The Morgan fingerprint density at radius 3 is 2.50 bits per heavy atom. The van der Waals surface area contributed by atoms with Gasteiger partial charge in [0, 0.05) is 0 Å². The highest BCUT2D eigenvalue weighted by Gasteiger charge is 2.33. The van der Waals surface area contributed by atoms with Gasteiger partial charge in [0.15, 0.2) is 0 Å². The Balaban J connectivity index is 4.32.